The van der Waals surface area contributed by atoms with Crippen molar-refractivity contribution in [2.45, 2.75) is 45.4 Å². The van der Waals surface area contributed by atoms with Gasteiger partial charge in [0.15, 0.2) is 0 Å². The Kier molecular flexibility index (Phi) is 6.98. The largest absolute Gasteiger partial charge is 0.494 e. The van der Waals surface area contributed by atoms with Gasteiger partial charge in [-0.2, -0.15) is 13.8 Å². The van der Waals surface area contributed by atoms with Gasteiger partial charge in [-0.1, -0.05) is 51.2 Å². The molecule has 0 atom stereocenters. The van der Waals surface area contributed by atoms with E-state index >= 15 is 0 Å². The molecule has 0 amide bonds. The van der Waals surface area contributed by atoms with Crippen LogP contribution in [-0.4, -0.2) is 11.6 Å². The molecule has 2 rings (SSSR count). The van der Waals surface area contributed by atoms with Crippen LogP contribution >= 0.6 is 0 Å². The molecule has 2 nitrogen and oxygen atoms in total. The maximum absolute atomic E-state index is 13.6. The second-order valence-electron chi connectivity index (χ2n) is 5.61. The number of rotatable bonds is 9. The van der Waals surface area contributed by atoms with E-state index in [1.54, 1.807) is 24.3 Å². The lowest BCUT2D eigenvalue weighted by Crippen LogP contribution is -1.97. The number of ether oxygens (including phenoxy) is 1. The lowest BCUT2D eigenvalue weighted by molar-refractivity contribution is 0.304. The van der Waals surface area contributed by atoms with Crippen molar-refractivity contribution in [2.24, 2.45) is 0 Å². The highest BCUT2D eigenvalue weighted by atomic mass is 19.1. The van der Waals surface area contributed by atoms with Gasteiger partial charge in [-0.15, -0.1) is 0 Å². The second kappa shape index (κ2) is 9.23. The molecule has 0 unspecified atom stereocenters. The molecule has 1 heterocycles. The summed E-state index contributed by atoms with van der Waals surface area (Å²) in [6, 6.07) is 9.67. The highest BCUT2D eigenvalue weighted by Crippen LogP contribution is 2.24. The van der Waals surface area contributed by atoms with Gasteiger partial charge in [-0.25, -0.2) is 0 Å². The Bertz CT molecular complexity index is 599. The van der Waals surface area contributed by atoms with Crippen LogP contribution in [0.2, 0.25) is 0 Å². The van der Waals surface area contributed by atoms with Crippen molar-refractivity contribution in [3.05, 3.63) is 48.3 Å². The zero-order chi connectivity index (χ0) is 16.5. The molecule has 0 aliphatic carbocycles. The van der Waals surface area contributed by atoms with Crippen molar-refractivity contribution < 1.29 is 13.5 Å². The van der Waals surface area contributed by atoms with E-state index in [-0.39, 0.29) is 5.56 Å². The molecule has 0 aliphatic heterocycles. The lowest BCUT2D eigenvalue weighted by atomic mass is 10.1. The maximum atomic E-state index is 13.6. The van der Waals surface area contributed by atoms with E-state index in [0.717, 1.165) is 18.2 Å². The van der Waals surface area contributed by atoms with Gasteiger partial charge in [0.05, 0.1) is 6.61 Å². The number of aromatic nitrogens is 1. The first-order valence-corrected chi connectivity index (χ1v) is 8.26. The van der Waals surface area contributed by atoms with Gasteiger partial charge in [0.2, 0.25) is 11.9 Å². The van der Waals surface area contributed by atoms with Crippen LogP contribution in [-0.2, 0) is 0 Å². The van der Waals surface area contributed by atoms with Crippen molar-refractivity contribution in [2.75, 3.05) is 6.61 Å². The lowest BCUT2D eigenvalue weighted by Gasteiger charge is -2.08. The molecule has 0 aliphatic rings. The van der Waals surface area contributed by atoms with Crippen LogP contribution in [0.15, 0.2) is 36.4 Å². The first kappa shape index (κ1) is 17.4. The van der Waals surface area contributed by atoms with Crippen molar-refractivity contribution in [1.82, 2.24) is 4.98 Å². The predicted molar refractivity (Wildman–Crippen MR) is 88.5 cm³/mol. The summed E-state index contributed by atoms with van der Waals surface area (Å²) in [4.78, 5) is 3.20. The van der Waals surface area contributed by atoms with Gasteiger partial charge in [-0.3, -0.25) is 0 Å². The highest BCUT2D eigenvalue weighted by molar-refractivity contribution is 5.63. The average molecular weight is 319 g/mol. The van der Waals surface area contributed by atoms with Crippen LogP contribution < -0.4 is 4.74 Å². The topological polar surface area (TPSA) is 22.1 Å². The number of halogens is 2. The third kappa shape index (κ3) is 5.62. The molecular weight excluding hydrogens is 296 g/mol. The van der Waals surface area contributed by atoms with E-state index < -0.39 is 11.9 Å². The minimum absolute atomic E-state index is 0.286. The first-order chi connectivity index (χ1) is 11.2. The normalized spacial score (nSPS) is 10.7. The van der Waals surface area contributed by atoms with Gasteiger partial charge < -0.3 is 4.74 Å². The van der Waals surface area contributed by atoms with Crippen LogP contribution in [0.25, 0.3) is 11.1 Å². The Morgan fingerprint density at radius 3 is 2.26 bits per heavy atom. The summed E-state index contributed by atoms with van der Waals surface area (Å²) >= 11 is 0. The summed E-state index contributed by atoms with van der Waals surface area (Å²) < 4.78 is 32.1. The molecule has 1 aromatic carbocycles. The van der Waals surface area contributed by atoms with Crippen LogP contribution in [0, 0.1) is 11.9 Å². The van der Waals surface area contributed by atoms with Crippen molar-refractivity contribution in [1.29, 1.82) is 0 Å². The summed E-state index contributed by atoms with van der Waals surface area (Å²) in [5, 5.41) is 0. The molecule has 0 spiro atoms. The SMILES string of the molecule is CCCCCCCCOc1ccc(-c2ccc(F)nc2F)cc1. The van der Waals surface area contributed by atoms with Gasteiger partial charge >= 0.3 is 0 Å². The van der Waals surface area contributed by atoms with Crippen molar-refractivity contribution in [3.63, 3.8) is 0 Å². The minimum atomic E-state index is -0.815. The first-order valence-electron chi connectivity index (χ1n) is 8.26. The number of unbranched alkanes of at least 4 members (excludes halogenated alkanes) is 5. The molecule has 0 fully saturated rings. The van der Waals surface area contributed by atoms with Crippen LogP contribution in [0.1, 0.15) is 45.4 Å². The standard InChI is InChI=1S/C19H23F2NO/c1-2-3-4-5-6-7-14-23-16-10-8-15(9-11-16)17-12-13-18(20)22-19(17)21/h8-13H,2-7,14H2,1H3. The van der Waals surface area contributed by atoms with Gasteiger partial charge in [0, 0.05) is 5.56 Å². The smallest absolute Gasteiger partial charge is 0.223 e. The number of pyridine rings is 1. The molecule has 4 heteroatoms. The van der Waals surface area contributed by atoms with Crippen LogP contribution in [0.3, 0.4) is 0 Å². The molecule has 0 saturated heterocycles. The number of hydrogen-bond acceptors (Lipinski definition) is 2. The fourth-order valence-corrected chi connectivity index (χ4v) is 2.43. The van der Waals surface area contributed by atoms with Crippen molar-refractivity contribution >= 4 is 0 Å². The third-order valence-electron chi connectivity index (χ3n) is 3.75. The minimum Gasteiger partial charge on any atom is -0.494 e. The Morgan fingerprint density at radius 1 is 0.870 bits per heavy atom. The average Bonchev–Trinajstić information content (AvgIpc) is 2.55. The molecule has 23 heavy (non-hydrogen) atoms. The third-order valence-corrected chi connectivity index (χ3v) is 3.75. The summed E-state index contributed by atoms with van der Waals surface area (Å²) in [6.45, 7) is 2.90. The molecular formula is C19H23F2NO. The summed E-state index contributed by atoms with van der Waals surface area (Å²) in [7, 11) is 0. The van der Waals surface area contributed by atoms with E-state index in [2.05, 4.69) is 11.9 Å². The van der Waals surface area contributed by atoms with Crippen LogP contribution in [0.5, 0.6) is 5.75 Å². The van der Waals surface area contributed by atoms with E-state index in [1.807, 2.05) is 0 Å². The summed E-state index contributed by atoms with van der Waals surface area (Å²) in [6.07, 6.45) is 7.34. The summed E-state index contributed by atoms with van der Waals surface area (Å²) in [5.41, 5.74) is 0.941. The highest BCUT2D eigenvalue weighted by Gasteiger charge is 2.07. The Balaban J connectivity index is 1.80. The second-order valence-corrected chi connectivity index (χ2v) is 5.61. The van der Waals surface area contributed by atoms with Gasteiger partial charge in [-0.05, 0) is 36.2 Å². The van der Waals surface area contributed by atoms with Crippen LogP contribution in [0.4, 0.5) is 8.78 Å². The Hall–Kier alpha value is -1.97. The van der Waals surface area contributed by atoms with Gasteiger partial charge in [0.1, 0.15) is 5.75 Å². The fraction of sp³-hybridized carbons (Fsp3) is 0.421. The molecule has 1 aromatic heterocycles. The van der Waals surface area contributed by atoms with E-state index in [9.17, 15) is 8.78 Å². The molecule has 0 saturated carbocycles. The van der Waals surface area contributed by atoms with Gasteiger partial charge in [0.25, 0.3) is 0 Å². The zero-order valence-electron chi connectivity index (χ0n) is 13.5. The number of hydrogen-bond donors (Lipinski definition) is 0. The zero-order valence-corrected chi connectivity index (χ0v) is 13.5. The molecule has 0 radical (unpaired) electrons. The number of nitrogens with zero attached hydrogens (tertiary/aromatic N) is 1. The fourth-order valence-electron chi connectivity index (χ4n) is 2.43. The molecule has 2 aromatic rings. The molecule has 0 N–H and O–H groups in total. The van der Waals surface area contributed by atoms with E-state index in [0.29, 0.717) is 12.2 Å². The monoisotopic (exact) mass is 319 g/mol. The maximum Gasteiger partial charge on any atom is 0.223 e. The predicted octanol–water partition coefficient (Wildman–Crippen LogP) is 5.77. The van der Waals surface area contributed by atoms with E-state index in [4.69, 9.17) is 4.74 Å². The van der Waals surface area contributed by atoms with Crippen molar-refractivity contribution in [3.8, 4) is 16.9 Å². The Morgan fingerprint density at radius 2 is 1.57 bits per heavy atom. The quantitative estimate of drug-likeness (QED) is 0.432. The molecule has 124 valence electrons. The number of benzene rings is 1. The summed E-state index contributed by atoms with van der Waals surface area (Å²) in [5.74, 6) is -0.853. The van der Waals surface area contributed by atoms with E-state index in [1.165, 1.54) is 38.2 Å². The molecule has 0 bridgehead atoms. The Labute approximate surface area is 136 Å².